The van der Waals surface area contributed by atoms with Crippen LogP contribution in [-0.2, 0) is 0 Å². The predicted octanol–water partition coefficient (Wildman–Crippen LogP) is 4.97. The Bertz CT molecular complexity index is 939. The third kappa shape index (κ3) is 5.30. The highest BCUT2D eigenvalue weighted by molar-refractivity contribution is 14.1. The molecule has 2 heterocycles. The Hall–Kier alpha value is -1.97. The topological polar surface area (TPSA) is 83.0 Å². The maximum absolute atomic E-state index is 9.65. The van der Waals surface area contributed by atoms with Crippen LogP contribution in [0.25, 0.3) is 11.3 Å². The van der Waals surface area contributed by atoms with Gasteiger partial charge in [-0.1, -0.05) is 25.4 Å². The summed E-state index contributed by atoms with van der Waals surface area (Å²) in [7, 11) is 0. The first-order valence-corrected chi connectivity index (χ1v) is 10.3. The number of nitrogens with zero attached hydrogens (tertiary/aromatic N) is 3. The highest BCUT2D eigenvalue weighted by Gasteiger charge is 2.15. The number of pyridine rings is 1. The second-order valence-electron chi connectivity index (χ2n) is 6.62. The number of nitrogens with one attached hydrogen (secondary N) is 2. The first-order valence-electron chi connectivity index (χ1n) is 8.85. The van der Waals surface area contributed by atoms with E-state index in [-0.39, 0.29) is 18.6 Å². The zero-order chi connectivity index (χ0) is 20.1. The second kappa shape index (κ2) is 9.49. The minimum Gasteiger partial charge on any atom is -0.394 e. The molecule has 0 aliphatic rings. The van der Waals surface area contributed by atoms with Crippen molar-refractivity contribution in [3.63, 3.8) is 0 Å². The van der Waals surface area contributed by atoms with Gasteiger partial charge >= 0.3 is 0 Å². The van der Waals surface area contributed by atoms with Crippen molar-refractivity contribution in [1.29, 1.82) is 0 Å². The molecule has 2 aromatic heterocycles. The van der Waals surface area contributed by atoms with Crippen molar-refractivity contribution in [3.8, 4) is 11.3 Å². The molecule has 0 aliphatic heterocycles. The molecule has 6 nitrogen and oxygen atoms in total. The van der Waals surface area contributed by atoms with Gasteiger partial charge < -0.3 is 15.7 Å². The van der Waals surface area contributed by atoms with Crippen LogP contribution in [-0.4, -0.2) is 32.7 Å². The maximum Gasteiger partial charge on any atom is 0.225 e. The van der Waals surface area contributed by atoms with Gasteiger partial charge in [-0.05, 0) is 58.8 Å². The smallest absolute Gasteiger partial charge is 0.225 e. The lowest BCUT2D eigenvalue weighted by Gasteiger charge is -2.21. The Kier molecular flexibility index (Phi) is 7.03. The zero-order valence-electron chi connectivity index (χ0n) is 15.5. The summed E-state index contributed by atoms with van der Waals surface area (Å²) in [4.78, 5) is 13.2. The average Bonchev–Trinajstić information content (AvgIpc) is 2.68. The highest BCUT2D eigenvalue weighted by Crippen LogP contribution is 2.29. The van der Waals surface area contributed by atoms with Crippen LogP contribution < -0.4 is 10.6 Å². The summed E-state index contributed by atoms with van der Waals surface area (Å²) < 4.78 is 1.05. The molecule has 28 heavy (non-hydrogen) atoms. The number of aliphatic hydroxyl groups excluding tert-OH is 1. The third-order valence-corrected chi connectivity index (χ3v) is 5.20. The molecule has 0 saturated carbocycles. The maximum atomic E-state index is 9.65. The molecule has 146 valence electrons. The number of aliphatic hydroxyl groups is 1. The average molecular weight is 510 g/mol. The van der Waals surface area contributed by atoms with Crippen molar-refractivity contribution in [2.45, 2.75) is 19.9 Å². The summed E-state index contributed by atoms with van der Waals surface area (Å²) in [5.74, 6) is 1.26. The number of anilines is 3. The molecule has 1 aromatic carbocycles. The largest absolute Gasteiger partial charge is 0.394 e. The van der Waals surface area contributed by atoms with E-state index in [9.17, 15) is 5.11 Å². The van der Waals surface area contributed by atoms with Crippen LogP contribution in [0.4, 0.5) is 17.5 Å². The van der Waals surface area contributed by atoms with E-state index < -0.39 is 0 Å². The minimum atomic E-state index is -0.151. The molecule has 0 bridgehead atoms. The molecule has 1 atom stereocenters. The summed E-state index contributed by atoms with van der Waals surface area (Å²) in [6, 6.07) is 11.3. The molecule has 0 saturated heterocycles. The molecule has 0 unspecified atom stereocenters. The van der Waals surface area contributed by atoms with Crippen molar-refractivity contribution < 1.29 is 5.11 Å². The van der Waals surface area contributed by atoms with Crippen molar-refractivity contribution in [3.05, 3.63) is 57.4 Å². The van der Waals surface area contributed by atoms with Gasteiger partial charge in [0.2, 0.25) is 5.95 Å². The number of hydrogen-bond donors (Lipinski definition) is 3. The summed E-state index contributed by atoms with van der Waals surface area (Å²) >= 11 is 8.57. The number of halogens is 2. The molecule has 3 N–H and O–H groups in total. The second-order valence-corrected chi connectivity index (χ2v) is 8.28. The monoisotopic (exact) mass is 509 g/mol. The lowest BCUT2D eigenvalue weighted by molar-refractivity contribution is 0.248. The Morgan fingerprint density at radius 1 is 1.11 bits per heavy atom. The van der Waals surface area contributed by atoms with Crippen LogP contribution in [0, 0.1) is 9.49 Å². The van der Waals surface area contributed by atoms with Crippen molar-refractivity contribution in [1.82, 2.24) is 15.0 Å². The third-order valence-electron chi connectivity index (χ3n) is 4.21. The summed E-state index contributed by atoms with van der Waals surface area (Å²) in [6.45, 7) is 4.06. The number of rotatable bonds is 7. The summed E-state index contributed by atoms with van der Waals surface area (Å²) in [5.41, 5.74) is 2.42. The Morgan fingerprint density at radius 2 is 1.86 bits per heavy atom. The van der Waals surface area contributed by atoms with Crippen LogP contribution in [0.1, 0.15) is 13.8 Å². The van der Waals surface area contributed by atoms with Gasteiger partial charge in [-0.3, -0.25) is 4.98 Å². The Balaban J connectivity index is 1.99. The van der Waals surface area contributed by atoms with E-state index in [1.165, 1.54) is 0 Å². The Labute approximate surface area is 182 Å². The number of aromatic nitrogens is 3. The van der Waals surface area contributed by atoms with Crippen molar-refractivity contribution in [2.75, 3.05) is 17.2 Å². The van der Waals surface area contributed by atoms with E-state index in [1.54, 1.807) is 12.4 Å². The van der Waals surface area contributed by atoms with Crippen LogP contribution in [0.3, 0.4) is 0 Å². The summed E-state index contributed by atoms with van der Waals surface area (Å²) in [5, 5.41) is 16.8. The van der Waals surface area contributed by atoms with Gasteiger partial charge in [0.15, 0.2) is 0 Å². The molecule has 0 spiro atoms. The molecule has 8 heteroatoms. The van der Waals surface area contributed by atoms with Gasteiger partial charge in [0.1, 0.15) is 5.82 Å². The van der Waals surface area contributed by atoms with E-state index in [0.717, 1.165) is 20.5 Å². The highest BCUT2D eigenvalue weighted by atomic mass is 127. The molecule has 0 aliphatic carbocycles. The lowest BCUT2D eigenvalue weighted by Crippen LogP contribution is -2.30. The predicted molar refractivity (Wildman–Crippen MR) is 122 cm³/mol. The fourth-order valence-corrected chi connectivity index (χ4v) is 3.47. The van der Waals surface area contributed by atoms with Gasteiger partial charge in [0, 0.05) is 27.6 Å². The molecular formula is C20H21ClIN5O. The number of hydrogen-bond acceptors (Lipinski definition) is 6. The fourth-order valence-electron chi connectivity index (χ4n) is 2.56. The molecule has 3 rings (SSSR count). The quantitative estimate of drug-likeness (QED) is 0.390. The first kappa shape index (κ1) is 20.8. The van der Waals surface area contributed by atoms with Gasteiger partial charge in [-0.25, -0.2) is 4.98 Å². The molecule has 0 fully saturated rings. The first-order chi connectivity index (χ1) is 13.5. The van der Waals surface area contributed by atoms with Gasteiger partial charge in [-0.15, -0.1) is 0 Å². The van der Waals surface area contributed by atoms with Crippen LogP contribution in [0.2, 0.25) is 5.02 Å². The van der Waals surface area contributed by atoms with Gasteiger partial charge in [0.25, 0.3) is 0 Å². The Morgan fingerprint density at radius 3 is 2.50 bits per heavy atom. The molecule has 0 radical (unpaired) electrons. The minimum absolute atomic E-state index is 0.00771. The standard InChI is InChI=1S/C20H21ClIN5O/c1-12(2)18(11-28)26-20-25-17(13-5-7-23-8-6-13)10-19(27-20)24-16-4-3-14(22)9-15(16)21/h3-10,12,18,28H,11H2,1-2H3,(H2,24,25,26,27)/t18-/m1/s1. The SMILES string of the molecule is CC(C)[C@@H](CO)Nc1nc(Nc2ccc(I)cc2Cl)cc(-c2ccncc2)n1. The van der Waals surface area contributed by atoms with Crippen LogP contribution >= 0.6 is 34.2 Å². The van der Waals surface area contributed by atoms with E-state index in [2.05, 4.69) is 48.2 Å². The zero-order valence-corrected chi connectivity index (χ0v) is 18.4. The van der Waals surface area contributed by atoms with Crippen LogP contribution in [0.5, 0.6) is 0 Å². The van der Waals surface area contributed by atoms with Crippen molar-refractivity contribution >= 4 is 51.6 Å². The van der Waals surface area contributed by atoms with Crippen molar-refractivity contribution in [2.24, 2.45) is 5.92 Å². The fraction of sp³-hybridized carbons (Fsp3) is 0.250. The lowest BCUT2D eigenvalue weighted by atomic mass is 10.1. The number of benzene rings is 1. The van der Waals surface area contributed by atoms with E-state index in [4.69, 9.17) is 11.6 Å². The van der Waals surface area contributed by atoms with E-state index in [1.807, 2.05) is 50.2 Å². The summed E-state index contributed by atoms with van der Waals surface area (Å²) in [6.07, 6.45) is 3.44. The van der Waals surface area contributed by atoms with E-state index in [0.29, 0.717) is 16.8 Å². The van der Waals surface area contributed by atoms with Gasteiger partial charge in [0.05, 0.1) is 29.1 Å². The normalized spacial score (nSPS) is 12.1. The molecule has 3 aromatic rings. The molecular weight excluding hydrogens is 489 g/mol. The molecule has 0 amide bonds. The van der Waals surface area contributed by atoms with E-state index >= 15 is 0 Å². The van der Waals surface area contributed by atoms with Crippen LogP contribution in [0.15, 0.2) is 48.8 Å². The van der Waals surface area contributed by atoms with Gasteiger partial charge in [-0.2, -0.15) is 4.98 Å².